The van der Waals surface area contributed by atoms with Gasteiger partial charge in [0.1, 0.15) is 18.8 Å². The summed E-state index contributed by atoms with van der Waals surface area (Å²) in [5, 5.41) is 31.3. The first-order valence-electron chi connectivity index (χ1n) is 27.6. The molecule has 12 nitrogen and oxygen atoms in total. The van der Waals surface area contributed by atoms with Gasteiger partial charge < -0.3 is 39.0 Å². The number of rotatable bonds is 45. The smallest absolute Gasteiger partial charge is 0.335 e. The highest BCUT2D eigenvalue weighted by molar-refractivity contribution is 5.74. The first kappa shape index (κ1) is 64.9. The molecule has 1 aliphatic heterocycles. The van der Waals surface area contributed by atoms with E-state index in [-0.39, 0.29) is 25.9 Å². The van der Waals surface area contributed by atoms with E-state index in [0.717, 1.165) is 128 Å². The molecule has 0 aliphatic carbocycles. The predicted octanol–water partition coefficient (Wildman–Crippen LogP) is 13.6. The summed E-state index contributed by atoms with van der Waals surface area (Å²) < 4.78 is 28.3. The van der Waals surface area contributed by atoms with Crippen molar-refractivity contribution < 1.29 is 58.2 Å². The maximum Gasteiger partial charge on any atom is 0.335 e. The average Bonchev–Trinajstić information content (AvgIpc) is 3.35. The van der Waals surface area contributed by atoms with Gasteiger partial charge in [0.25, 0.3) is 0 Å². The number of allylic oxidation sites excluding steroid dienone is 14. The van der Waals surface area contributed by atoms with E-state index in [0.29, 0.717) is 19.3 Å². The number of hydrogen-bond donors (Lipinski definition) is 3. The van der Waals surface area contributed by atoms with Gasteiger partial charge in [-0.3, -0.25) is 14.4 Å². The van der Waals surface area contributed by atoms with Crippen molar-refractivity contribution >= 4 is 23.9 Å². The Kier molecular flexibility index (Phi) is 42.9. The number of esters is 3. The largest absolute Gasteiger partial charge is 0.479 e. The van der Waals surface area contributed by atoms with Gasteiger partial charge >= 0.3 is 23.9 Å². The molecular formula is C59H96O12. The molecule has 0 spiro atoms. The van der Waals surface area contributed by atoms with Crippen molar-refractivity contribution in [3.05, 3.63) is 85.1 Å². The number of aliphatic hydroxyl groups is 2. The Morgan fingerprint density at radius 2 is 0.915 bits per heavy atom. The van der Waals surface area contributed by atoms with Crippen LogP contribution in [0.5, 0.6) is 0 Å². The van der Waals surface area contributed by atoms with Crippen molar-refractivity contribution in [1.82, 2.24) is 0 Å². The van der Waals surface area contributed by atoms with Gasteiger partial charge in [-0.15, -0.1) is 0 Å². The van der Waals surface area contributed by atoms with Crippen molar-refractivity contribution in [3.63, 3.8) is 0 Å². The molecule has 0 aromatic rings. The second-order valence-corrected chi connectivity index (χ2v) is 18.5. The van der Waals surface area contributed by atoms with Crippen LogP contribution in [0.4, 0.5) is 0 Å². The van der Waals surface area contributed by atoms with E-state index in [1.165, 1.54) is 25.7 Å². The number of carbonyl (C=O) groups excluding carboxylic acids is 3. The third-order valence-corrected chi connectivity index (χ3v) is 11.9. The number of carboxylic acid groups (broad SMARTS) is 1. The first-order chi connectivity index (χ1) is 34.6. The fraction of sp³-hybridized carbons (Fsp3) is 0.695. The molecule has 0 bridgehead atoms. The summed E-state index contributed by atoms with van der Waals surface area (Å²) in [4.78, 5) is 50.9. The Balaban J connectivity index is 2.72. The molecule has 6 atom stereocenters. The van der Waals surface area contributed by atoms with Crippen LogP contribution in [0.3, 0.4) is 0 Å². The van der Waals surface area contributed by atoms with E-state index >= 15 is 0 Å². The van der Waals surface area contributed by atoms with Crippen LogP contribution in [-0.2, 0) is 42.9 Å². The number of hydrogen-bond acceptors (Lipinski definition) is 11. The number of unbranched alkanes of at least 4 members (excludes halogenated alkanes) is 17. The standard InChI is InChI=1S/C59H96O12/c1-4-7-10-13-16-19-21-23-24-25-26-27-28-30-31-34-36-39-42-45-51(60)67-48-50(69-52(61)46-43-40-38-35-32-29-22-20-17-14-11-8-5-2)49-68-59-57(55(64)54(63)56(71-59)58(65)66)70-53(62)47-44-41-37-33-18-15-12-9-6-3/h7,10-11,14,16,19-20,22-24,26-27,30-31,50,54-57,59,63-64H,4-6,8-9,12-13,15,17-18,21,25,28-29,32-49H2,1-3H3,(H,65,66)/b10-7-,14-11-,19-16-,22-20-,24-23-,27-26-,31-30-. The van der Waals surface area contributed by atoms with E-state index in [1.807, 2.05) is 0 Å². The van der Waals surface area contributed by atoms with Gasteiger partial charge in [0.2, 0.25) is 0 Å². The molecule has 1 heterocycles. The van der Waals surface area contributed by atoms with Crippen molar-refractivity contribution in [1.29, 1.82) is 0 Å². The zero-order valence-corrected chi connectivity index (χ0v) is 44.2. The van der Waals surface area contributed by atoms with Crippen molar-refractivity contribution in [2.24, 2.45) is 0 Å². The fourth-order valence-corrected chi connectivity index (χ4v) is 7.72. The van der Waals surface area contributed by atoms with E-state index < -0.39 is 67.3 Å². The molecule has 1 saturated heterocycles. The first-order valence-corrected chi connectivity index (χ1v) is 27.6. The molecule has 0 radical (unpaired) electrons. The van der Waals surface area contributed by atoms with Crippen molar-refractivity contribution in [2.75, 3.05) is 13.2 Å². The number of aliphatic hydroxyl groups excluding tert-OH is 2. The highest BCUT2D eigenvalue weighted by Crippen LogP contribution is 2.26. The van der Waals surface area contributed by atoms with Crippen LogP contribution in [0.2, 0.25) is 0 Å². The highest BCUT2D eigenvalue weighted by atomic mass is 16.7. The molecule has 3 N–H and O–H groups in total. The number of aliphatic carboxylic acids is 1. The number of ether oxygens (including phenoxy) is 5. The molecule has 0 saturated carbocycles. The number of carboxylic acids is 1. The van der Waals surface area contributed by atoms with Gasteiger partial charge in [-0.05, 0) is 89.9 Å². The van der Waals surface area contributed by atoms with Crippen LogP contribution in [0.25, 0.3) is 0 Å². The van der Waals surface area contributed by atoms with Gasteiger partial charge in [0.05, 0.1) is 6.61 Å². The van der Waals surface area contributed by atoms with Crippen molar-refractivity contribution in [2.45, 2.75) is 250 Å². The SMILES string of the molecule is CC/C=C\C/C=C\C/C=C\C/C=C\C/C=C\CCCCCC(=O)OCC(COC1OC(C(=O)O)C(O)C(O)C1OC(=O)CCCCCCCCCCC)OC(=O)CCCCCCC/C=C\C/C=C\CCC. The van der Waals surface area contributed by atoms with Crippen molar-refractivity contribution in [3.8, 4) is 0 Å². The van der Waals surface area contributed by atoms with Crippen LogP contribution >= 0.6 is 0 Å². The topological polar surface area (TPSA) is 175 Å². The fourth-order valence-electron chi connectivity index (χ4n) is 7.72. The van der Waals surface area contributed by atoms with Crippen LogP contribution in [0, 0.1) is 0 Å². The molecule has 1 aliphatic rings. The number of carbonyl (C=O) groups is 4. The molecule has 0 aromatic heterocycles. The molecule has 6 unspecified atom stereocenters. The second-order valence-electron chi connectivity index (χ2n) is 18.5. The minimum absolute atomic E-state index is 0.0534. The lowest BCUT2D eigenvalue weighted by atomic mass is 9.98. The summed E-state index contributed by atoms with van der Waals surface area (Å²) in [7, 11) is 0. The molecule has 71 heavy (non-hydrogen) atoms. The minimum Gasteiger partial charge on any atom is -0.479 e. The molecule has 404 valence electrons. The van der Waals surface area contributed by atoms with Gasteiger partial charge in [-0.1, -0.05) is 189 Å². The Morgan fingerprint density at radius 3 is 1.42 bits per heavy atom. The summed E-state index contributed by atoms with van der Waals surface area (Å²) in [5.41, 5.74) is 0. The van der Waals surface area contributed by atoms with E-state index in [9.17, 15) is 34.5 Å². The maximum absolute atomic E-state index is 13.1. The minimum atomic E-state index is -1.91. The Labute approximate surface area is 429 Å². The third-order valence-electron chi connectivity index (χ3n) is 11.9. The zero-order chi connectivity index (χ0) is 51.8. The van der Waals surface area contributed by atoms with Gasteiger partial charge in [-0.25, -0.2) is 4.79 Å². The summed E-state index contributed by atoms with van der Waals surface area (Å²) >= 11 is 0. The highest BCUT2D eigenvalue weighted by Gasteiger charge is 2.50. The van der Waals surface area contributed by atoms with Crippen LogP contribution in [-0.4, -0.2) is 89.2 Å². The van der Waals surface area contributed by atoms with Gasteiger partial charge in [-0.2, -0.15) is 0 Å². The maximum atomic E-state index is 13.1. The Morgan fingerprint density at radius 1 is 0.479 bits per heavy atom. The van der Waals surface area contributed by atoms with E-state index in [1.54, 1.807) is 0 Å². The Bertz CT molecular complexity index is 1560. The lowest BCUT2D eigenvalue weighted by Gasteiger charge is -2.40. The van der Waals surface area contributed by atoms with E-state index in [4.69, 9.17) is 23.7 Å². The monoisotopic (exact) mass is 997 g/mol. The molecule has 0 amide bonds. The van der Waals surface area contributed by atoms with E-state index in [2.05, 4.69) is 106 Å². The molecule has 12 heteroatoms. The molecule has 0 aromatic carbocycles. The lowest BCUT2D eigenvalue weighted by molar-refractivity contribution is -0.301. The summed E-state index contributed by atoms with van der Waals surface area (Å²) in [5.74, 6) is -3.19. The quantitative estimate of drug-likeness (QED) is 0.0228. The van der Waals surface area contributed by atoms with Crippen LogP contribution < -0.4 is 0 Å². The molecule has 1 fully saturated rings. The lowest BCUT2D eigenvalue weighted by Crippen LogP contribution is -2.61. The summed E-state index contributed by atoms with van der Waals surface area (Å²) in [6, 6.07) is 0. The second kappa shape index (κ2) is 46.9. The summed E-state index contributed by atoms with van der Waals surface area (Å²) in [6.07, 6.45) is 47.2. The molecular weight excluding hydrogens is 901 g/mol. The Hall–Kier alpha value is -4.10. The normalized spacial score (nSPS) is 19.1. The predicted molar refractivity (Wildman–Crippen MR) is 284 cm³/mol. The average molecular weight is 997 g/mol. The van der Waals surface area contributed by atoms with Crippen LogP contribution in [0.15, 0.2) is 85.1 Å². The third kappa shape index (κ3) is 37.3. The molecule has 1 rings (SSSR count). The zero-order valence-electron chi connectivity index (χ0n) is 44.2. The van der Waals surface area contributed by atoms with Crippen LogP contribution in [0.1, 0.15) is 213 Å². The van der Waals surface area contributed by atoms with Gasteiger partial charge in [0.15, 0.2) is 24.6 Å². The van der Waals surface area contributed by atoms with Gasteiger partial charge in [0, 0.05) is 19.3 Å². The summed E-state index contributed by atoms with van der Waals surface area (Å²) in [6.45, 7) is 5.72.